The first-order valence-electron chi connectivity index (χ1n) is 11.9. The maximum absolute atomic E-state index is 13.7. The molecule has 0 unspecified atom stereocenters. The van der Waals surface area contributed by atoms with E-state index in [9.17, 15) is 18.0 Å². The zero-order chi connectivity index (χ0) is 25.3. The van der Waals surface area contributed by atoms with Crippen LogP contribution in [0.4, 0.5) is 0 Å². The van der Waals surface area contributed by atoms with Crippen LogP contribution in [-0.2, 0) is 10.0 Å². The summed E-state index contributed by atoms with van der Waals surface area (Å²) in [6.45, 7) is 0. The van der Waals surface area contributed by atoms with Gasteiger partial charge in [0.25, 0.3) is 21.5 Å². The summed E-state index contributed by atoms with van der Waals surface area (Å²) in [6.07, 6.45) is 5.24. The van der Waals surface area contributed by atoms with Crippen molar-refractivity contribution in [3.8, 4) is 11.4 Å². The third kappa shape index (κ3) is 4.42. The first kappa shape index (κ1) is 23.9. The molecule has 1 aromatic heterocycles. The molecular formula is C27H27N3O5S. The van der Waals surface area contributed by atoms with Gasteiger partial charge in [-0.1, -0.05) is 37.5 Å². The number of sulfonamides is 1. The Hall–Kier alpha value is -3.85. The molecular weight excluding hydrogens is 478 g/mol. The largest absolute Gasteiger partial charge is 0.497 e. The van der Waals surface area contributed by atoms with Crippen LogP contribution in [0.25, 0.3) is 16.6 Å². The number of benzene rings is 3. The molecule has 5 rings (SSSR count). The summed E-state index contributed by atoms with van der Waals surface area (Å²) in [6, 6.07) is 19.9. The first-order chi connectivity index (χ1) is 17.4. The molecule has 9 heteroatoms. The fourth-order valence-electron chi connectivity index (χ4n) is 4.86. The Morgan fingerprint density at radius 3 is 2.31 bits per heavy atom. The highest BCUT2D eigenvalue weighted by Crippen LogP contribution is 2.32. The summed E-state index contributed by atoms with van der Waals surface area (Å²) < 4.78 is 36.3. The highest BCUT2D eigenvalue weighted by atomic mass is 32.2. The average Bonchev–Trinajstić information content (AvgIpc) is 3.21. The van der Waals surface area contributed by atoms with Gasteiger partial charge >= 0.3 is 0 Å². The van der Waals surface area contributed by atoms with Crippen molar-refractivity contribution in [3.05, 3.63) is 88.7 Å². The van der Waals surface area contributed by atoms with E-state index in [1.165, 1.54) is 24.6 Å². The molecule has 1 amide bonds. The molecule has 3 aromatic carbocycles. The minimum Gasteiger partial charge on any atom is -0.497 e. The van der Waals surface area contributed by atoms with Gasteiger partial charge in [0.05, 0.1) is 34.6 Å². The number of amides is 1. The number of carbonyl (C=O) groups excluding carboxylic acids is 1. The molecule has 1 saturated carbocycles. The summed E-state index contributed by atoms with van der Waals surface area (Å²) in [4.78, 5) is 26.6. The third-order valence-electron chi connectivity index (χ3n) is 6.66. The molecule has 1 aliphatic carbocycles. The van der Waals surface area contributed by atoms with Gasteiger partial charge in [0.2, 0.25) is 0 Å². The van der Waals surface area contributed by atoms with Crippen LogP contribution in [0.2, 0.25) is 0 Å². The van der Waals surface area contributed by atoms with E-state index in [1.54, 1.807) is 54.3 Å². The molecule has 36 heavy (non-hydrogen) atoms. The van der Waals surface area contributed by atoms with Gasteiger partial charge in [-0.15, -0.1) is 0 Å². The van der Waals surface area contributed by atoms with Crippen molar-refractivity contribution in [2.75, 3.05) is 7.11 Å². The smallest absolute Gasteiger partial charge is 0.279 e. The first-order valence-corrected chi connectivity index (χ1v) is 13.4. The van der Waals surface area contributed by atoms with Crippen LogP contribution >= 0.6 is 0 Å². The van der Waals surface area contributed by atoms with Crippen molar-refractivity contribution in [1.82, 2.24) is 14.1 Å². The number of carbonyl (C=O) groups is 1. The van der Waals surface area contributed by atoms with Gasteiger partial charge in [0.1, 0.15) is 5.75 Å². The van der Waals surface area contributed by atoms with Gasteiger partial charge in [-0.05, 0) is 67.4 Å². The molecule has 1 fully saturated rings. The van der Waals surface area contributed by atoms with E-state index >= 15 is 0 Å². The van der Waals surface area contributed by atoms with Crippen molar-refractivity contribution in [2.24, 2.45) is 0 Å². The number of hydrogen-bond acceptors (Lipinski definition) is 5. The second-order valence-electron chi connectivity index (χ2n) is 8.93. The lowest BCUT2D eigenvalue weighted by atomic mass is 9.95. The van der Waals surface area contributed by atoms with E-state index in [0.29, 0.717) is 22.3 Å². The molecule has 0 radical (unpaired) electrons. The number of nitrogens with zero attached hydrogens (tertiary/aromatic N) is 2. The molecule has 0 bridgehead atoms. The van der Waals surface area contributed by atoms with Crippen LogP contribution in [-0.4, -0.2) is 30.8 Å². The van der Waals surface area contributed by atoms with E-state index in [-0.39, 0.29) is 22.1 Å². The van der Waals surface area contributed by atoms with E-state index in [2.05, 4.69) is 4.72 Å². The van der Waals surface area contributed by atoms with Crippen molar-refractivity contribution in [2.45, 2.75) is 43.0 Å². The summed E-state index contributed by atoms with van der Waals surface area (Å²) in [5.41, 5.74) is 1.24. The van der Waals surface area contributed by atoms with E-state index in [1.807, 2.05) is 16.8 Å². The Bertz CT molecular complexity index is 1570. The lowest BCUT2D eigenvalue weighted by Crippen LogP contribution is -2.30. The number of ether oxygens (including phenoxy) is 1. The van der Waals surface area contributed by atoms with Crippen molar-refractivity contribution < 1.29 is 17.9 Å². The minimum absolute atomic E-state index is 0.00950. The minimum atomic E-state index is -4.04. The van der Waals surface area contributed by atoms with Crippen LogP contribution in [0.15, 0.2) is 82.5 Å². The van der Waals surface area contributed by atoms with Gasteiger partial charge in [0.15, 0.2) is 0 Å². The van der Waals surface area contributed by atoms with Crippen LogP contribution < -0.4 is 15.0 Å². The molecule has 0 atom stereocenters. The molecule has 8 nitrogen and oxygen atoms in total. The quantitative estimate of drug-likeness (QED) is 0.418. The molecule has 4 aromatic rings. The summed E-state index contributed by atoms with van der Waals surface area (Å²) >= 11 is 0. The Morgan fingerprint density at radius 1 is 0.944 bits per heavy atom. The molecule has 186 valence electrons. The second kappa shape index (κ2) is 9.66. The zero-order valence-corrected chi connectivity index (χ0v) is 20.7. The topological polar surface area (TPSA) is 99.4 Å². The molecule has 0 saturated heterocycles. The van der Waals surface area contributed by atoms with Gasteiger partial charge in [-0.2, -0.15) is 0 Å². The Labute approximate surface area is 209 Å². The van der Waals surface area contributed by atoms with Gasteiger partial charge < -0.3 is 4.74 Å². The molecule has 1 N–H and O–H groups in total. The number of fused-ring (bicyclic) bond motifs is 1. The predicted octanol–water partition coefficient (Wildman–Crippen LogP) is 4.42. The normalized spacial score (nSPS) is 14.6. The number of aromatic nitrogens is 2. The van der Waals surface area contributed by atoms with Crippen LogP contribution in [0.5, 0.6) is 5.75 Å². The number of rotatable bonds is 6. The fraction of sp³-hybridized carbons (Fsp3) is 0.259. The maximum atomic E-state index is 13.7. The number of hydrogen-bond donors (Lipinski definition) is 1. The Morgan fingerprint density at radius 2 is 1.64 bits per heavy atom. The van der Waals surface area contributed by atoms with Crippen LogP contribution in [0.3, 0.4) is 0 Å². The molecule has 0 spiro atoms. The number of methoxy groups -OCH3 is 1. The van der Waals surface area contributed by atoms with Crippen LogP contribution in [0.1, 0.15) is 48.5 Å². The summed E-state index contributed by atoms with van der Waals surface area (Å²) in [7, 11) is -2.45. The van der Waals surface area contributed by atoms with Crippen molar-refractivity contribution in [1.29, 1.82) is 0 Å². The third-order valence-corrected chi connectivity index (χ3v) is 8.01. The Kier molecular flexibility index (Phi) is 6.40. The van der Waals surface area contributed by atoms with E-state index < -0.39 is 15.9 Å². The van der Waals surface area contributed by atoms with Crippen molar-refractivity contribution in [3.63, 3.8) is 0 Å². The zero-order valence-electron chi connectivity index (χ0n) is 19.9. The SMILES string of the molecule is COc1ccc(-n2c(=O)c3cc(C(=O)NS(=O)(=O)c4ccccc4)ccc3n2C2CCCCC2)cc1. The lowest BCUT2D eigenvalue weighted by molar-refractivity contribution is 0.0981. The number of nitrogens with one attached hydrogen (secondary N) is 1. The van der Waals surface area contributed by atoms with E-state index in [0.717, 1.165) is 25.7 Å². The van der Waals surface area contributed by atoms with Crippen LogP contribution in [0, 0.1) is 0 Å². The standard InChI is InChI=1S/C27H27N3O5S/c1-35-22-15-13-21(14-16-22)30-27(32)24-18-19(12-17-25(24)29(30)20-8-4-2-5-9-20)26(31)28-36(33,34)23-10-6-3-7-11-23/h3,6-7,10-18,20H,2,4-5,8-9H2,1H3,(H,28,31). The van der Waals surface area contributed by atoms with Crippen molar-refractivity contribution >= 4 is 26.8 Å². The maximum Gasteiger partial charge on any atom is 0.279 e. The molecule has 1 heterocycles. The monoisotopic (exact) mass is 505 g/mol. The van der Waals surface area contributed by atoms with E-state index in [4.69, 9.17) is 4.74 Å². The average molecular weight is 506 g/mol. The highest BCUT2D eigenvalue weighted by molar-refractivity contribution is 7.90. The molecule has 0 aliphatic heterocycles. The van der Waals surface area contributed by atoms with Gasteiger partial charge in [-0.25, -0.2) is 17.8 Å². The van der Waals surface area contributed by atoms with Gasteiger partial charge in [0, 0.05) is 5.56 Å². The Balaban J connectivity index is 1.59. The van der Waals surface area contributed by atoms with Gasteiger partial charge in [-0.3, -0.25) is 14.3 Å². The summed E-state index contributed by atoms with van der Waals surface area (Å²) in [5, 5.41) is 0.362. The molecule has 1 aliphatic rings. The predicted molar refractivity (Wildman–Crippen MR) is 137 cm³/mol. The second-order valence-corrected chi connectivity index (χ2v) is 10.6. The highest BCUT2D eigenvalue weighted by Gasteiger charge is 2.25. The lowest BCUT2D eigenvalue weighted by Gasteiger charge is -2.26. The summed E-state index contributed by atoms with van der Waals surface area (Å²) in [5.74, 6) is -0.104. The fourth-order valence-corrected chi connectivity index (χ4v) is 5.85.